The second-order valence-corrected chi connectivity index (χ2v) is 7.44. The fourth-order valence-corrected chi connectivity index (χ4v) is 5.14. The number of fused-ring (bicyclic) bond motifs is 2. The van der Waals surface area contributed by atoms with Crippen LogP contribution in [0.5, 0.6) is 0 Å². The number of piperidine rings is 1. The molecule has 0 N–H and O–H groups in total. The number of likely N-dealkylation sites (tertiary alicyclic amines) is 1. The molecule has 1 fully saturated rings. The fraction of sp³-hybridized carbons (Fsp3) is 0.643. The van der Waals surface area contributed by atoms with E-state index < -0.39 is 14.8 Å². The number of nitrogens with zero attached hydrogens (tertiary/aromatic N) is 3. The maximum absolute atomic E-state index is 12.7. The predicted octanol–water partition coefficient (Wildman–Crippen LogP) is 1.81. The van der Waals surface area contributed by atoms with Gasteiger partial charge in [0.25, 0.3) is 0 Å². The molecule has 5 nitrogen and oxygen atoms in total. The summed E-state index contributed by atoms with van der Waals surface area (Å²) in [6, 6.07) is 1.86. The van der Waals surface area contributed by atoms with E-state index in [0.717, 1.165) is 24.3 Å². The molecule has 0 bridgehead atoms. The summed E-state index contributed by atoms with van der Waals surface area (Å²) in [4.78, 5) is 6.23. The third-order valence-electron chi connectivity index (χ3n) is 4.28. The third-order valence-corrected chi connectivity index (χ3v) is 6.81. The van der Waals surface area contributed by atoms with Crippen LogP contribution in [0.4, 0.5) is 5.69 Å². The molecular formula is C14H23N3O2S. The monoisotopic (exact) mass is 297 g/mol. The van der Waals surface area contributed by atoms with Gasteiger partial charge in [-0.15, -0.1) is 0 Å². The molecule has 0 saturated carbocycles. The van der Waals surface area contributed by atoms with Gasteiger partial charge in [-0.3, -0.25) is 9.29 Å². The molecule has 0 amide bonds. The van der Waals surface area contributed by atoms with Gasteiger partial charge in [0, 0.05) is 18.8 Å². The number of pyridine rings is 1. The molecule has 1 saturated heterocycles. The van der Waals surface area contributed by atoms with E-state index in [1.807, 2.05) is 27.0 Å². The number of hydrogen-bond acceptors (Lipinski definition) is 4. The van der Waals surface area contributed by atoms with Crippen LogP contribution in [0.1, 0.15) is 32.3 Å². The summed E-state index contributed by atoms with van der Waals surface area (Å²) in [6.07, 6.45) is 4.66. The Hall–Kier alpha value is -1.14. The van der Waals surface area contributed by atoms with Crippen molar-refractivity contribution >= 4 is 15.7 Å². The number of anilines is 1. The van der Waals surface area contributed by atoms with Crippen molar-refractivity contribution in [3.8, 4) is 0 Å². The van der Waals surface area contributed by atoms with Crippen molar-refractivity contribution in [2.45, 2.75) is 31.4 Å². The van der Waals surface area contributed by atoms with Crippen molar-refractivity contribution in [2.75, 3.05) is 31.5 Å². The van der Waals surface area contributed by atoms with Gasteiger partial charge in [-0.2, -0.15) is 0 Å². The zero-order valence-electron chi connectivity index (χ0n) is 12.6. The van der Waals surface area contributed by atoms with Crippen LogP contribution in [0.3, 0.4) is 0 Å². The molecule has 3 heterocycles. The van der Waals surface area contributed by atoms with Crippen molar-refractivity contribution in [1.82, 2.24) is 9.88 Å². The number of sulfonamides is 1. The van der Waals surface area contributed by atoms with E-state index in [9.17, 15) is 8.42 Å². The quantitative estimate of drug-likeness (QED) is 0.733. The Morgan fingerprint density at radius 1 is 1.20 bits per heavy atom. The van der Waals surface area contributed by atoms with Crippen LogP contribution in [0, 0.1) is 0 Å². The average molecular weight is 297 g/mol. The first-order chi connectivity index (χ1) is 9.49. The Kier molecular flexibility index (Phi) is 4.07. The summed E-state index contributed by atoms with van der Waals surface area (Å²) in [7, 11) is 0.357. The van der Waals surface area contributed by atoms with Gasteiger partial charge in [0.15, 0.2) is 0 Å². The van der Waals surface area contributed by atoms with E-state index in [2.05, 4.69) is 9.88 Å². The summed E-state index contributed by atoms with van der Waals surface area (Å²) >= 11 is 0. The Balaban J connectivity index is 0.000000704. The number of hydrogen-bond donors (Lipinski definition) is 0. The first kappa shape index (κ1) is 15.3. The minimum absolute atomic E-state index is 0.660. The molecular weight excluding hydrogens is 274 g/mol. The molecule has 0 unspecified atom stereocenters. The zero-order valence-corrected chi connectivity index (χ0v) is 13.4. The highest BCUT2D eigenvalue weighted by Crippen LogP contribution is 2.51. The van der Waals surface area contributed by atoms with Gasteiger partial charge < -0.3 is 4.90 Å². The maximum Gasteiger partial charge on any atom is 0.245 e. The van der Waals surface area contributed by atoms with Gasteiger partial charge >= 0.3 is 0 Å². The average Bonchev–Trinajstić information content (AvgIpc) is 2.64. The molecule has 6 heteroatoms. The van der Waals surface area contributed by atoms with E-state index >= 15 is 0 Å². The molecule has 1 aromatic heterocycles. The maximum atomic E-state index is 12.7. The van der Waals surface area contributed by atoms with Crippen LogP contribution in [0.15, 0.2) is 18.5 Å². The molecule has 3 rings (SSSR count). The standard InChI is InChI=1S/C12H17N3O2S.C2H6/c1-14-7-4-12(5-8-14)10-3-6-13-9-11(10)15(2)18(12,16)17;1-2/h3,6,9H,4-5,7-8H2,1-2H3;1-2H3. The van der Waals surface area contributed by atoms with Gasteiger partial charge in [-0.05, 0) is 39.0 Å². The first-order valence-corrected chi connectivity index (χ1v) is 8.54. The highest BCUT2D eigenvalue weighted by Gasteiger charge is 2.55. The zero-order chi connectivity index (χ0) is 15.0. The Labute approximate surface area is 121 Å². The van der Waals surface area contributed by atoms with E-state index in [1.54, 1.807) is 19.4 Å². The Morgan fingerprint density at radius 2 is 1.80 bits per heavy atom. The van der Waals surface area contributed by atoms with Crippen LogP contribution in [-0.4, -0.2) is 45.5 Å². The van der Waals surface area contributed by atoms with Gasteiger partial charge in [-0.25, -0.2) is 8.42 Å². The lowest BCUT2D eigenvalue weighted by atomic mass is 9.88. The van der Waals surface area contributed by atoms with Crippen LogP contribution in [0.2, 0.25) is 0 Å². The van der Waals surface area contributed by atoms with Gasteiger partial charge in [0.1, 0.15) is 4.75 Å². The molecule has 2 aliphatic heterocycles. The lowest BCUT2D eigenvalue weighted by Crippen LogP contribution is -2.46. The molecule has 112 valence electrons. The summed E-state index contributed by atoms with van der Waals surface area (Å²) in [5, 5.41) is 0. The van der Waals surface area contributed by atoms with Gasteiger partial charge in [-0.1, -0.05) is 13.8 Å². The van der Waals surface area contributed by atoms with E-state index in [4.69, 9.17) is 0 Å². The third kappa shape index (κ3) is 1.93. The largest absolute Gasteiger partial charge is 0.306 e. The minimum atomic E-state index is -3.30. The van der Waals surface area contributed by atoms with E-state index in [0.29, 0.717) is 12.8 Å². The van der Waals surface area contributed by atoms with Crippen molar-refractivity contribution < 1.29 is 8.42 Å². The smallest absolute Gasteiger partial charge is 0.245 e. The predicted molar refractivity (Wildman–Crippen MR) is 81.3 cm³/mol. The molecule has 20 heavy (non-hydrogen) atoms. The Bertz CT molecular complexity index is 578. The van der Waals surface area contributed by atoms with Gasteiger partial charge in [0.2, 0.25) is 10.0 Å². The van der Waals surface area contributed by atoms with Crippen LogP contribution in [-0.2, 0) is 14.8 Å². The van der Waals surface area contributed by atoms with E-state index in [-0.39, 0.29) is 0 Å². The Morgan fingerprint density at radius 3 is 2.40 bits per heavy atom. The normalized spacial score (nSPS) is 23.1. The highest BCUT2D eigenvalue weighted by molar-refractivity contribution is 7.94. The summed E-state index contributed by atoms with van der Waals surface area (Å²) in [5.41, 5.74) is 1.66. The fourth-order valence-electron chi connectivity index (χ4n) is 3.06. The molecule has 0 aromatic carbocycles. The first-order valence-electron chi connectivity index (χ1n) is 7.10. The van der Waals surface area contributed by atoms with Crippen LogP contribution in [0.25, 0.3) is 0 Å². The minimum Gasteiger partial charge on any atom is -0.306 e. The number of rotatable bonds is 0. The van der Waals surface area contributed by atoms with Crippen LogP contribution >= 0.6 is 0 Å². The van der Waals surface area contributed by atoms with Crippen molar-refractivity contribution in [3.63, 3.8) is 0 Å². The summed E-state index contributed by atoms with van der Waals surface area (Å²) < 4.78 is 26.1. The molecule has 1 aromatic rings. The summed E-state index contributed by atoms with van der Waals surface area (Å²) in [6.45, 7) is 5.63. The van der Waals surface area contributed by atoms with Crippen LogP contribution < -0.4 is 4.31 Å². The van der Waals surface area contributed by atoms with Crippen molar-refractivity contribution in [3.05, 3.63) is 24.0 Å². The topological polar surface area (TPSA) is 53.5 Å². The number of aromatic nitrogens is 1. The molecule has 0 atom stereocenters. The molecule has 1 spiro atoms. The summed E-state index contributed by atoms with van der Waals surface area (Å²) in [5.74, 6) is 0. The van der Waals surface area contributed by atoms with Crippen molar-refractivity contribution in [2.24, 2.45) is 0 Å². The lowest BCUT2D eigenvalue weighted by Gasteiger charge is -2.37. The second kappa shape index (κ2) is 5.33. The lowest BCUT2D eigenvalue weighted by molar-refractivity contribution is 0.235. The second-order valence-electron chi connectivity index (χ2n) is 5.16. The van der Waals surface area contributed by atoms with Crippen molar-refractivity contribution in [1.29, 1.82) is 0 Å². The SMILES string of the molecule is CC.CN1CCC2(CC1)c1ccncc1N(C)S2(=O)=O. The molecule has 0 aliphatic carbocycles. The highest BCUT2D eigenvalue weighted by atomic mass is 32.2. The molecule has 0 radical (unpaired) electrons. The molecule has 2 aliphatic rings. The van der Waals surface area contributed by atoms with E-state index in [1.165, 1.54) is 4.31 Å². The van der Waals surface area contributed by atoms with Gasteiger partial charge in [0.05, 0.1) is 11.9 Å².